The molecular weight excluding hydrogens is 290 g/mol. The largest absolute Gasteiger partial charge is 0.331 e. The molecule has 0 bridgehead atoms. The van der Waals surface area contributed by atoms with Crippen LogP contribution >= 0.6 is 0 Å². The van der Waals surface area contributed by atoms with Crippen molar-refractivity contribution in [3.8, 4) is 0 Å². The summed E-state index contributed by atoms with van der Waals surface area (Å²) in [5, 5.41) is 7.72. The van der Waals surface area contributed by atoms with E-state index >= 15 is 0 Å². The van der Waals surface area contributed by atoms with E-state index in [0.29, 0.717) is 23.4 Å². The first-order valence-electron chi connectivity index (χ1n) is 8.63. The molecule has 1 unspecified atom stereocenters. The van der Waals surface area contributed by atoms with E-state index in [9.17, 15) is 9.59 Å². The first kappa shape index (κ1) is 14.5. The zero-order chi connectivity index (χ0) is 15.8. The highest BCUT2D eigenvalue weighted by molar-refractivity contribution is 5.99. The van der Waals surface area contributed by atoms with Gasteiger partial charge in [0.25, 0.3) is 11.8 Å². The van der Waals surface area contributed by atoms with Crippen LogP contribution < -0.4 is 0 Å². The number of allylic oxidation sites excluding steroid dienone is 3. The number of hydrogen-bond donors (Lipinski definition) is 0. The number of hydrogen-bond acceptors (Lipinski definition) is 3. The summed E-state index contributed by atoms with van der Waals surface area (Å²) in [7, 11) is 0. The third kappa shape index (κ3) is 2.69. The lowest BCUT2D eigenvalue weighted by molar-refractivity contribution is -0.131. The van der Waals surface area contributed by atoms with Crippen LogP contribution in [0.4, 0.5) is 0 Å². The van der Waals surface area contributed by atoms with Gasteiger partial charge >= 0.3 is 0 Å². The Labute approximate surface area is 135 Å². The number of carbonyl (C=O) groups excluding carboxylic acids is 2. The molecule has 0 aromatic heterocycles. The second kappa shape index (κ2) is 5.87. The summed E-state index contributed by atoms with van der Waals surface area (Å²) < 4.78 is 0. The van der Waals surface area contributed by atoms with Crippen molar-refractivity contribution in [2.45, 2.75) is 57.0 Å². The van der Waals surface area contributed by atoms with Gasteiger partial charge in [0.2, 0.25) is 0 Å². The molecule has 0 saturated heterocycles. The smallest absolute Gasteiger partial charge is 0.276 e. The molecule has 4 aliphatic rings. The van der Waals surface area contributed by atoms with Gasteiger partial charge in [-0.15, -0.1) is 10.2 Å². The molecule has 120 valence electrons. The van der Waals surface area contributed by atoms with Gasteiger partial charge in [-0.25, -0.2) is 0 Å². The summed E-state index contributed by atoms with van der Waals surface area (Å²) in [5.41, 5.74) is 1.08. The molecule has 5 nitrogen and oxygen atoms in total. The Hall–Kier alpha value is -2.04. The summed E-state index contributed by atoms with van der Waals surface area (Å²) in [6, 6.07) is 0.680. The highest BCUT2D eigenvalue weighted by Crippen LogP contribution is 2.37. The van der Waals surface area contributed by atoms with E-state index in [1.54, 1.807) is 6.08 Å². The van der Waals surface area contributed by atoms with E-state index < -0.39 is 5.92 Å². The zero-order valence-corrected chi connectivity index (χ0v) is 13.1. The van der Waals surface area contributed by atoms with Crippen molar-refractivity contribution in [2.24, 2.45) is 16.1 Å². The molecule has 0 spiro atoms. The molecule has 2 saturated carbocycles. The monoisotopic (exact) mass is 311 g/mol. The standard InChI is InChI=1S/C18H21N3O2/c22-17-15-9-5-4-8-14(15)16(19-20-17)18(23)21(13-10-11-13)12-6-2-1-3-7-12/h4-5,8-9,12-13,15H,1-3,6-7,10-11H2. The van der Waals surface area contributed by atoms with E-state index in [0.717, 1.165) is 25.7 Å². The third-order valence-corrected chi connectivity index (χ3v) is 5.16. The van der Waals surface area contributed by atoms with Gasteiger partial charge in [0.1, 0.15) is 0 Å². The summed E-state index contributed by atoms with van der Waals surface area (Å²) in [6.07, 6.45) is 15.3. The molecular formula is C18H21N3O2. The predicted octanol–water partition coefficient (Wildman–Crippen LogP) is 3.30. The molecule has 1 heterocycles. The second-order valence-corrected chi connectivity index (χ2v) is 6.80. The molecule has 0 aromatic rings. The molecule has 3 aliphatic carbocycles. The zero-order valence-electron chi connectivity index (χ0n) is 13.1. The molecule has 0 N–H and O–H groups in total. The molecule has 1 atom stereocenters. The molecule has 0 radical (unpaired) electrons. The Bertz CT molecular complexity index is 649. The Morgan fingerprint density at radius 1 is 1.00 bits per heavy atom. The highest BCUT2D eigenvalue weighted by atomic mass is 16.2. The van der Waals surface area contributed by atoms with Crippen LogP contribution in [0.1, 0.15) is 44.9 Å². The Balaban J connectivity index is 1.66. The molecule has 1 aliphatic heterocycles. The third-order valence-electron chi connectivity index (χ3n) is 5.16. The molecule has 5 heteroatoms. The van der Waals surface area contributed by atoms with Crippen molar-refractivity contribution in [1.29, 1.82) is 0 Å². The summed E-state index contributed by atoms with van der Waals surface area (Å²) in [5.74, 6) is -0.757. The topological polar surface area (TPSA) is 62.1 Å². The molecule has 0 aromatic carbocycles. The molecule has 2 fully saturated rings. The van der Waals surface area contributed by atoms with Crippen LogP contribution in [0, 0.1) is 5.92 Å². The minimum absolute atomic E-state index is 0.0319. The Morgan fingerprint density at radius 3 is 2.48 bits per heavy atom. The normalized spacial score (nSPS) is 27.3. The van der Waals surface area contributed by atoms with Crippen molar-refractivity contribution in [1.82, 2.24) is 4.90 Å². The van der Waals surface area contributed by atoms with Crippen LogP contribution in [0.5, 0.6) is 0 Å². The lowest BCUT2D eigenvalue weighted by Gasteiger charge is -2.35. The Kier molecular flexibility index (Phi) is 3.71. The van der Waals surface area contributed by atoms with E-state index in [1.807, 2.05) is 18.2 Å². The maximum absolute atomic E-state index is 13.2. The second-order valence-electron chi connectivity index (χ2n) is 6.80. The van der Waals surface area contributed by atoms with Crippen LogP contribution in [0.25, 0.3) is 0 Å². The maximum atomic E-state index is 13.2. The van der Waals surface area contributed by atoms with E-state index in [2.05, 4.69) is 15.1 Å². The number of carbonyl (C=O) groups is 2. The first-order chi connectivity index (χ1) is 11.3. The van der Waals surface area contributed by atoms with Gasteiger partial charge in [-0.2, -0.15) is 0 Å². The summed E-state index contributed by atoms with van der Waals surface area (Å²) in [6.45, 7) is 0. The van der Waals surface area contributed by atoms with E-state index in [-0.39, 0.29) is 11.8 Å². The summed E-state index contributed by atoms with van der Waals surface area (Å²) >= 11 is 0. The van der Waals surface area contributed by atoms with Gasteiger partial charge < -0.3 is 4.90 Å². The minimum Gasteiger partial charge on any atom is -0.331 e. The number of amides is 2. The summed E-state index contributed by atoms with van der Waals surface area (Å²) in [4.78, 5) is 27.2. The van der Waals surface area contributed by atoms with Crippen molar-refractivity contribution in [3.05, 3.63) is 35.6 Å². The highest BCUT2D eigenvalue weighted by Gasteiger charge is 2.41. The fourth-order valence-corrected chi connectivity index (χ4v) is 3.83. The molecule has 4 rings (SSSR count). The number of rotatable bonds is 3. The van der Waals surface area contributed by atoms with Crippen LogP contribution in [0.15, 0.2) is 45.8 Å². The van der Waals surface area contributed by atoms with Crippen molar-refractivity contribution in [2.75, 3.05) is 0 Å². The Morgan fingerprint density at radius 2 is 1.74 bits per heavy atom. The number of fused-ring (bicyclic) bond motifs is 1. The van der Waals surface area contributed by atoms with E-state index in [4.69, 9.17) is 0 Å². The van der Waals surface area contributed by atoms with Crippen LogP contribution in [0.2, 0.25) is 0 Å². The van der Waals surface area contributed by atoms with Gasteiger partial charge in [0.15, 0.2) is 5.70 Å². The van der Waals surface area contributed by atoms with E-state index in [1.165, 1.54) is 19.3 Å². The fraction of sp³-hybridized carbons (Fsp3) is 0.556. The minimum atomic E-state index is -0.441. The number of nitrogens with zero attached hydrogens (tertiary/aromatic N) is 3. The SMILES string of the molecule is O=C1N=NC(C(=O)N(C2CCCCC2)C2CC2)=C2C=CC=CC12. The van der Waals surface area contributed by atoms with Gasteiger partial charge in [-0.3, -0.25) is 9.59 Å². The number of azo groups is 1. The molecule has 23 heavy (non-hydrogen) atoms. The molecule has 2 amide bonds. The van der Waals surface area contributed by atoms with Gasteiger partial charge in [-0.05, 0) is 25.7 Å². The predicted molar refractivity (Wildman–Crippen MR) is 85.4 cm³/mol. The lowest BCUT2D eigenvalue weighted by Crippen LogP contribution is -2.44. The fourth-order valence-electron chi connectivity index (χ4n) is 3.83. The van der Waals surface area contributed by atoms with Crippen LogP contribution in [-0.2, 0) is 9.59 Å². The lowest BCUT2D eigenvalue weighted by atomic mass is 9.90. The van der Waals surface area contributed by atoms with Gasteiger partial charge in [0, 0.05) is 17.7 Å². The average Bonchev–Trinajstić information content (AvgIpc) is 3.41. The maximum Gasteiger partial charge on any atom is 0.276 e. The van der Waals surface area contributed by atoms with Crippen molar-refractivity contribution in [3.63, 3.8) is 0 Å². The van der Waals surface area contributed by atoms with Crippen molar-refractivity contribution < 1.29 is 9.59 Å². The van der Waals surface area contributed by atoms with Gasteiger partial charge in [-0.1, -0.05) is 43.6 Å². The quantitative estimate of drug-likeness (QED) is 0.803. The van der Waals surface area contributed by atoms with Gasteiger partial charge in [0.05, 0.1) is 5.92 Å². The first-order valence-corrected chi connectivity index (χ1v) is 8.63. The van der Waals surface area contributed by atoms with Crippen LogP contribution in [-0.4, -0.2) is 28.8 Å². The average molecular weight is 311 g/mol. The van der Waals surface area contributed by atoms with Crippen molar-refractivity contribution >= 4 is 11.8 Å². The van der Waals surface area contributed by atoms with Crippen LogP contribution in [0.3, 0.4) is 0 Å².